The van der Waals surface area contributed by atoms with Crippen LogP contribution in [0.5, 0.6) is 0 Å². The lowest BCUT2D eigenvalue weighted by Crippen LogP contribution is -2.13. The van der Waals surface area contributed by atoms with E-state index in [4.69, 9.17) is 4.74 Å². The van der Waals surface area contributed by atoms with Crippen molar-refractivity contribution in [1.29, 1.82) is 0 Å². The summed E-state index contributed by atoms with van der Waals surface area (Å²) < 4.78 is 5.22. The van der Waals surface area contributed by atoms with E-state index >= 15 is 0 Å². The average Bonchev–Trinajstić information content (AvgIpc) is 2.73. The number of nitrogens with one attached hydrogen (secondary N) is 1. The zero-order valence-electron chi connectivity index (χ0n) is 15.3. The van der Waals surface area contributed by atoms with E-state index in [9.17, 15) is 9.59 Å². The summed E-state index contributed by atoms with van der Waals surface area (Å²) in [5.41, 5.74) is 2.57. The normalized spacial score (nSPS) is 10.3. The third kappa shape index (κ3) is 5.92. The summed E-state index contributed by atoms with van der Waals surface area (Å²) >= 11 is 1.23. The van der Waals surface area contributed by atoms with Gasteiger partial charge in [-0.25, -0.2) is 0 Å². The zero-order chi connectivity index (χ0) is 19.8. The topological polar surface area (TPSA) is 81.2 Å². The first-order chi connectivity index (χ1) is 13.6. The molecule has 0 aliphatic heterocycles. The van der Waals surface area contributed by atoms with E-state index < -0.39 is 0 Å². The van der Waals surface area contributed by atoms with Crippen molar-refractivity contribution >= 4 is 29.5 Å². The van der Waals surface area contributed by atoms with E-state index in [0.717, 1.165) is 11.1 Å². The molecule has 1 aromatic heterocycles. The van der Waals surface area contributed by atoms with Crippen molar-refractivity contribution in [2.75, 3.05) is 11.1 Å². The van der Waals surface area contributed by atoms with Crippen molar-refractivity contribution in [2.24, 2.45) is 0 Å². The van der Waals surface area contributed by atoms with Crippen LogP contribution >= 0.6 is 11.8 Å². The Morgan fingerprint density at radius 2 is 1.71 bits per heavy atom. The molecule has 0 saturated heterocycles. The molecule has 28 heavy (non-hydrogen) atoms. The van der Waals surface area contributed by atoms with Gasteiger partial charge < -0.3 is 10.1 Å². The van der Waals surface area contributed by atoms with Crippen LogP contribution < -0.4 is 5.32 Å². The molecule has 0 spiro atoms. The number of aryl methyl sites for hydroxylation is 1. The van der Waals surface area contributed by atoms with Gasteiger partial charge in [0.1, 0.15) is 11.6 Å². The molecule has 7 heteroatoms. The van der Waals surface area contributed by atoms with Crippen LogP contribution in [0.1, 0.15) is 21.5 Å². The van der Waals surface area contributed by atoms with Crippen molar-refractivity contribution < 1.29 is 14.3 Å². The number of amides is 1. The molecule has 0 fully saturated rings. The Morgan fingerprint density at radius 1 is 0.964 bits per heavy atom. The highest BCUT2D eigenvalue weighted by atomic mass is 32.2. The fourth-order valence-electron chi connectivity index (χ4n) is 2.27. The van der Waals surface area contributed by atoms with Gasteiger partial charge >= 0.3 is 5.97 Å². The number of hydrogen-bond acceptors (Lipinski definition) is 6. The lowest BCUT2D eigenvalue weighted by Gasteiger charge is -2.06. The van der Waals surface area contributed by atoms with E-state index in [-0.39, 0.29) is 24.2 Å². The Kier molecular flexibility index (Phi) is 6.75. The van der Waals surface area contributed by atoms with Crippen molar-refractivity contribution in [3.8, 4) is 0 Å². The van der Waals surface area contributed by atoms with E-state index in [2.05, 4.69) is 15.5 Å². The Hall–Kier alpha value is -3.19. The highest BCUT2D eigenvalue weighted by molar-refractivity contribution is 7.99. The molecule has 0 radical (unpaired) electrons. The molecule has 0 atom stereocenters. The largest absolute Gasteiger partial charge is 0.460 e. The SMILES string of the molecule is Cc1ccc(C(=O)Nc2ccc(SCC(=O)OCc3ccccc3)nn2)cc1. The van der Waals surface area contributed by atoms with Crippen LogP contribution in [0.4, 0.5) is 5.82 Å². The second kappa shape index (κ2) is 9.66. The number of carbonyl (C=O) groups excluding carboxylic acids is 2. The van der Waals surface area contributed by atoms with Gasteiger partial charge in [-0.3, -0.25) is 9.59 Å². The van der Waals surface area contributed by atoms with E-state index in [0.29, 0.717) is 16.4 Å². The van der Waals surface area contributed by atoms with Gasteiger partial charge in [-0.05, 0) is 36.8 Å². The first kappa shape index (κ1) is 19.6. The number of benzene rings is 2. The van der Waals surface area contributed by atoms with Crippen molar-refractivity contribution in [1.82, 2.24) is 10.2 Å². The van der Waals surface area contributed by atoms with Gasteiger partial charge in [0.25, 0.3) is 5.91 Å². The monoisotopic (exact) mass is 393 g/mol. The van der Waals surface area contributed by atoms with Gasteiger partial charge in [0, 0.05) is 5.56 Å². The Labute approximate surface area is 167 Å². The zero-order valence-corrected chi connectivity index (χ0v) is 16.1. The molecule has 0 aliphatic rings. The molecule has 1 N–H and O–H groups in total. The minimum absolute atomic E-state index is 0.136. The first-order valence-corrected chi connectivity index (χ1v) is 9.63. The fraction of sp³-hybridized carbons (Fsp3) is 0.143. The molecular formula is C21H19N3O3S. The third-order valence-electron chi connectivity index (χ3n) is 3.78. The smallest absolute Gasteiger partial charge is 0.316 e. The number of anilines is 1. The van der Waals surface area contributed by atoms with Crippen LogP contribution in [0, 0.1) is 6.92 Å². The molecular weight excluding hydrogens is 374 g/mol. The molecule has 6 nitrogen and oxygen atoms in total. The van der Waals surface area contributed by atoms with Gasteiger partial charge in [0.2, 0.25) is 0 Å². The summed E-state index contributed by atoms with van der Waals surface area (Å²) in [5, 5.41) is 11.3. The van der Waals surface area contributed by atoms with Gasteiger partial charge in [0.15, 0.2) is 5.82 Å². The number of carbonyl (C=O) groups is 2. The Bertz CT molecular complexity index is 929. The molecule has 1 heterocycles. The second-order valence-corrected chi connectivity index (χ2v) is 7.01. The molecule has 0 aliphatic carbocycles. The Morgan fingerprint density at radius 3 is 2.39 bits per heavy atom. The minimum Gasteiger partial charge on any atom is -0.460 e. The maximum Gasteiger partial charge on any atom is 0.316 e. The summed E-state index contributed by atoms with van der Waals surface area (Å²) in [7, 11) is 0. The fourth-order valence-corrected chi connectivity index (χ4v) is 2.88. The predicted molar refractivity (Wildman–Crippen MR) is 108 cm³/mol. The molecule has 3 aromatic rings. The summed E-state index contributed by atoms with van der Waals surface area (Å²) in [6, 6.07) is 20.1. The van der Waals surface area contributed by atoms with Gasteiger partial charge in [0.05, 0.1) is 5.75 Å². The standard InChI is InChI=1S/C21H19N3O3S/c1-15-7-9-17(10-8-15)21(26)22-18-11-12-19(24-23-18)28-14-20(25)27-13-16-5-3-2-4-6-16/h2-12H,13-14H2,1H3,(H,22,23,26). The minimum atomic E-state index is -0.326. The van der Waals surface area contributed by atoms with Crippen LogP contribution in [0.3, 0.4) is 0 Å². The Balaban J connectivity index is 1.45. The summed E-state index contributed by atoms with van der Waals surface area (Å²) in [5.74, 6) is -0.0930. The number of ether oxygens (including phenoxy) is 1. The molecule has 1 amide bonds. The summed E-state index contributed by atoms with van der Waals surface area (Å²) in [4.78, 5) is 24.0. The molecule has 2 aromatic carbocycles. The highest BCUT2D eigenvalue weighted by Gasteiger charge is 2.09. The van der Waals surface area contributed by atoms with Gasteiger partial charge in [-0.15, -0.1) is 10.2 Å². The van der Waals surface area contributed by atoms with Crippen molar-refractivity contribution in [3.63, 3.8) is 0 Å². The number of thioether (sulfide) groups is 1. The number of esters is 1. The number of nitrogens with zero attached hydrogens (tertiary/aromatic N) is 2. The second-order valence-electron chi connectivity index (χ2n) is 6.01. The predicted octanol–water partition coefficient (Wildman–Crippen LogP) is 3.87. The van der Waals surface area contributed by atoms with Gasteiger partial charge in [-0.2, -0.15) is 0 Å². The maximum absolute atomic E-state index is 12.2. The van der Waals surface area contributed by atoms with Crippen LogP contribution in [0.15, 0.2) is 71.8 Å². The first-order valence-electron chi connectivity index (χ1n) is 8.64. The van der Waals surface area contributed by atoms with Crippen molar-refractivity contribution in [2.45, 2.75) is 18.6 Å². The van der Waals surface area contributed by atoms with Crippen LogP contribution in [0.25, 0.3) is 0 Å². The van der Waals surface area contributed by atoms with E-state index in [1.807, 2.05) is 49.4 Å². The molecule has 0 bridgehead atoms. The number of rotatable bonds is 7. The van der Waals surface area contributed by atoms with Gasteiger partial charge in [-0.1, -0.05) is 59.8 Å². The van der Waals surface area contributed by atoms with E-state index in [1.165, 1.54) is 11.8 Å². The van der Waals surface area contributed by atoms with Crippen molar-refractivity contribution in [3.05, 3.63) is 83.4 Å². The maximum atomic E-state index is 12.2. The molecule has 3 rings (SSSR count). The third-order valence-corrected chi connectivity index (χ3v) is 4.67. The molecule has 0 saturated carbocycles. The lowest BCUT2D eigenvalue weighted by molar-refractivity contribution is -0.141. The summed E-state index contributed by atoms with van der Waals surface area (Å²) in [6.45, 7) is 2.21. The van der Waals surface area contributed by atoms with E-state index in [1.54, 1.807) is 24.3 Å². The average molecular weight is 393 g/mol. The number of aromatic nitrogens is 2. The summed E-state index contributed by atoms with van der Waals surface area (Å²) in [6.07, 6.45) is 0. The molecule has 142 valence electrons. The highest BCUT2D eigenvalue weighted by Crippen LogP contribution is 2.16. The van der Waals surface area contributed by atoms with Crippen LogP contribution in [0.2, 0.25) is 0 Å². The lowest BCUT2D eigenvalue weighted by atomic mass is 10.1. The number of hydrogen-bond donors (Lipinski definition) is 1. The quantitative estimate of drug-likeness (QED) is 0.485. The van der Waals surface area contributed by atoms with Crippen LogP contribution in [-0.4, -0.2) is 27.8 Å². The molecule has 0 unspecified atom stereocenters. The van der Waals surface area contributed by atoms with Crippen LogP contribution in [-0.2, 0) is 16.1 Å².